The zero-order valence-electron chi connectivity index (χ0n) is 18.1. The summed E-state index contributed by atoms with van der Waals surface area (Å²) in [7, 11) is 0. The monoisotopic (exact) mass is 477 g/mol. The maximum Gasteiger partial charge on any atom is 0.511 e. The van der Waals surface area contributed by atoms with Crippen LogP contribution in [-0.4, -0.2) is 48.5 Å². The number of halogens is 3. The van der Waals surface area contributed by atoms with Gasteiger partial charge in [-0.15, -0.1) is 10.1 Å². The van der Waals surface area contributed by atoms with E-state index in [1.165, 1.54) is 6.92 Å². The molecule has 0 bridgehead atoms. The summed E-state index contributed by atoms with van der Waals surface area (Å²) in [5, 5.41) is 9.19. The molecule has 13 heteroatoms. The molecule has 3 atom stereocenters. The lowest BCUT2D eigenvalue weighted by atomic mass is 9.97. The highest BCUT2D eigenvalue weighted by molar-refractivity contribution is 5.96. The number of nitrogens with zero attached hydrogens (tertiary/aromatic N) is 1. The normalized spacial score (nSPS) is 16.9. The Labute approximate surface area is 186 Å². The third kappa shape index (κ3) is 7.26. The fourth-order valence-electron chi connectivity index (χ4n) is 3.01. The van der Waals surface area contributed by atoms with Crippen LogP contribution in [0.2, 0.25) is 0 Å². The first-order chi connectivity index (χ1) is 15.3. The van der Waals surface area contributed by atoms with Crippen molar-refractivity contribution in [2.45, 2.75) is 58.8 Å². The van der Waals surface area contributed by atoms with Crippen molar-refractivity contribution in [3.05, 3.63) is 44.5 Å². The zero-order chi connectivity index (χ0) is 24.9. The molecule has 1 heterocycles. The number of fused-ring (bicyclic) bond motifs is 1. The van der Waals surface area contributed by atoms with Crippen molar-refractivity contribution in [1.29, 1.82) is 0 Å². The van der Waals surface area contributed by atoms with Gasteiger partial charge in [-0.3, -0.25) is 0 Å². The molecule has 0 aromatic heterocycles. The van der Waals surface area contributed by atoms with Gasteiger partial charge in [0, 0.05) is 18.9 Å². The summed E-state index contributed by atoms with van der Waals surface area (Å²) < 4.78 is 59.9. The topological polar surface area (TPSA) is 123 Å². The third-order valence-electron chi connectivity index (χ3n) is 4.36. The first kappa shape index (κ1) is 25.7. The van der Waals surface area contributed by atoms with E-state index >= 15 is 0 Å². The van der Waals surface area contributed by atoms with Gasteiger partial charge in [-0.1, -0.05) is 11.6 Å². The number of aryl methyl sites for hydroxylation is 2. The zero-order valence-corrected chi connectivity index (χ0v) is 18.1. The predicted octanol–water partition coefficient (Wildman–Crippen LogP) is 4.04. The number of benzene rings is 1. The van der Waals surface area contributed by atoms with Crippen molar-refractivity contribution < 1.29 is 51.6 Å². The second kappa shape index (κ2) is 10.4. The maximum absolute atomic E-state index is 13.6. The molecule has 1 aliphatic heterocycles. The van der Waals surface area contributed by atoms with E-state index in [1.807, 2.05) is 0 Å². The minimum absolute atomic E-state index is 0.00244. The Morgan fingerprint density at radius 2 is 1.88 bits per heavy atom. The largest absolute Gasteiger partial charge is 0.511 e. The standard InChI is InChI=1S/C20H22F3NO9/c1-10-7-11(2)16-14(8-10)9-15(17(32-16)20(21,22)23)18(25)30-13(4)31-19(26)29-6-5-12(3)33-24(27)28/h7-9,12-13,17H,5-6H2,1-4H3. The Morgan fingerprint density at radius 1 is 1.21 bits per heavy atom. The van der Waals surface area contributed by atoms with Crippen LogP contribution < -0.4 is 4.74 Å². The Hall–Kier alpha value is -3.51. The van der Waals surface area contributed by atoms with Gasteiger partial charge < -0.3 is 23.8 Å². The molecule has 0 aliphatic carbocycles. The summed E-state index contributed by atoms with van der Waals surface area (Å²) in [6.45, 7) is 5.49. The van der Waals surface area contributed by atoms with Gasteiger partial charge in [0.1, 0.15) is 11.9 Å². The number of carbonyl (C=O) groups excluding carboxylic acids is 2. The van der Waals surface area contributed by atoms with Gasteiger partial charge in [-0.05, 0) is 38.5 Å². The summed E-state index contributed by atoms with van der Waals surface area (Å²) in [6.07, 6.45) is -10.2. The fourth-order valence-corrected chi connectivity index (χ4v) is 3.01. The molecule has 1 aromatic carbocycles. The summed E-state index contributed by atoms with van der Waals surface area (Å²) in [6, 6.07) is 3.21. The maximum atomic E-state index is 13.6. The predicted molar refractivity (Wildman–Crippen MR) is 105 cm³/mol. The van der Waals surface area contributed by atoms with Crippen molar-refractivity contribution >= 4 is 18.2 Å². The van der Waals surface area contributed by atoms with Crippen molar-refractivity contribution in [2.24, 2.45) is 0 Å². The molecule has 0 amide bonds. The van der Waals surface area contributed by atoms with E-state index in [-0.39, 0.29) is 24.3 Å². The van der Waals surface area contributed by atoms with Gasteiger partial charge in [0.25, 0.3) is 5.09 Å². The molecule has 0 saturated carbocycles. The van der Waals surface area contributed by atoms with Crippen LogP contribution in [0.25, 0.3) is 6.08 Å². The molecular formula is C20H22F3NO9. The second-order valence-corrected chi connectivity index (χ2v) is 7.26. The van der Waals surface area contributed by atoms with Crippen LogP contribution in [0.4, 0.5) is 18.0 Å². The minimum atomic E-state index is -4.91. The lowest BCUT2D eigenvalue weighted by Crippen LogP contribution is -2.41. The summed E-state index contributed by atoms with van der Waals surface area (Å²) in [5.41, 5.74) is 0.690. The molecule has 2 rings (SSSR count). The number of carbonyl (C=O) groups is 2. The molecule has 1 aliphatic rings. The van der Waals surface area contributed by atoms with Crippen LogP contribution in [0.5, 0.6) is 5.75 Å². The lowest BCUT2D eigenvalue weighted by Gasteiger charge is -2.29. The summed E-state index contributed by atoms with van der Waals surface area (Å²) in [5.74, 6) is -1.39. The Kier molecular flexibility index (Phi) is 8.12. The van der Waals surface area contributed by atoms with Gasteiger partial charge >= 0.3 is 18.3 Å². The minimum Gasteiger partial charge on any atom is -0.475 e. The van der Waals surface area contributed by atoms with Crippen LogP contribution >= 0.6 is 0 Å². The molecular weight excluding hydrogens is 455 g/mol. The van der Waals surface area contributed by atoms with E-state index in [2.05, 4.69) is 14.3 Å². The highest BCUT2D eigenvalue weighted by Crippen LogP contribution is 2.39. The molecule has 182 valence electrons. The van der Waals surface area contributed by atoms with E-state index in [0.717, 1.165) is 18.6 Å². The van der Waals surface area contributed by atoms with Crippen LogP contribution in [0.15, 0.2) is 17.7 Å². The number of hydrogen-bond donors (Lipinski definition) is 0. The van der Waals surface area contributed by atoms with Crippen LogP contribution in [0, 0.1) is 24.0 Å². The van der Waals surface area contributed by atoms with Gasteiger partial charge in [0.15, 0.2) is 0 Å². The van der Waals surface area contributed by atoms with Gasteiger partial charge in [0.05, 0.1) is 12.2 Å². The molecule has 0 spiro atoms. The molecule has 33 heavy (non-hydrogen) atoms. The first-order valence-corrected chi connectivity index (χ1v) is 9.69. The average molecular weight is 477 g/mol. The summed E-state index contributed by atoms with van der Waals surface area (Å²) >= 11 is 0. The van der Waals surface area contributed by atoms with E-state index in [1.54, 1.807) is 26.0 Å². The van der Waals surface area contributed by atoms with Crippen molar-refractivity contribution in [3.63, 3.8) is 0 Å². The van der Waals surface area contributed by atoms with E-state index in [4.69, 9.17) is 9.47 Å². The number of rotatable bonds is 8. The van der Waals surface area contributed by atoms with Gasteiger partial charge in [-0.2, -0.15) is 13.2 Å². The first-order valence-electron chi connectivity index (χ1n) is 9.69. The number of esters is 1. The van der Waals surface area contributed by atoms with E-state index < -0.39 is 47.5 Å². The van der Waals surface area contributed by atoms with Crippen LogP contribution in [-0.2, 0) is 23.8 Å². The second-order valence-electron chi connectivity index (χ2n) is 7.26. The van der Waals surface area contributed by atoms with E-state index in [9.17, 15) is 32.9 Å². The SMILES string of the molecule is Cc1cc(C)c2c(c1)C=C(C(=O)OC(C)OC(=O)OCCC(C)O[N+](=O)[O-])C(C(F)(F)F)O2. The van der Waals surface area contributed by atoms with Crippen molar-refractivity contribution in [3.8, 4) is 5.75 Å². The number of alkyl halides is 3. The molecule has 0 radical (unpaired) electrons. The van der Waals surface area contributed by atoms with Gasteiger partial charge in [0.2, 0.25) is 12.4 Å². The lowest BCUT2D eigenvalue weighted by molar-refractivity contribution is -0.767. The molecule has 3 unspecified atom stereocenters. The highest BCUT2D eigenvalue weighted by atomic mass is 19.4. The average Bonchev–Trinajstić information content (AvgIpc) is 2.65. The van der Waals surface area contributed by atoms with Gasteiger partial charge in [-0.25, -0.2) is 9.59 Å². The Morgan fingerprint density at radius 3 is 2.48 bits per heavy atom. The quantitative estimate of drug-likeness (QED) is 0.236. The third-order valence-corrected chi connectivity index (χ3v) is 4.36. The van der Waals surface area contributed by atoms with Crippen LogP contribution in [0.1, 0.15) is 37.0 Å². The van der Waals surface area contributed by atoms with Crippen molar-refractivity contribution in [1.82, 2.24) is 0 Å². The van der Waals surface area contributed by atoms with Crippen molar-refractivity contribution in [2.75, 3.05) is 6.61 Å². The highest BCUT2D eigenvalue weighted by Gasteiger charge is 2.49. The molecule has 1 aromatic rings. The Bertz CT molecular complexity index is 945. The Balaban J connectivity index is 2.03. The molecule has 10 nitrogen and oxygen atoms in total. The fraction of sp³-hybridized carbons (Fsp3) is 0.500. The van der Waals surface area contributed by atoms with Crippen LogP contribution in [0.3, 0.4) is 0 Å². The molecule has 0 saturated heterocycles. The molecule has 0 fully saturated rings. The van der Waals surface area contributed by atoms with E-state index in [0.29, 0.717) is 5.56 Å². The smallest absolute Gasteiger partial charge is 0.475 e. The number of ether oxygens (including phenoxy) is 4. The number of hydrogen-bond acceptors (Lipinski definition) is 9. The molecule has 0 N–H and O–H groups in total. The summed E-state index contributed by atoms with van der Waals surface area (Å²) in [4.78, 5) is 38.5.